The molecule has 1 aromatic heterocycles. The minimum atomic E-state index is -1.27. The van der Waals surface area contributed by atoms with Gasteiger partial charge >= 0.3 is 5.97 Å². The van der Waals surface area contributed by atoms with Crippen molar-refractivity contribution in [2.24, 2.45) is 0 Å². The van der Waals surface area contributed by atoms with E-state index in [1.807, 2.05) is 0 Å². The van der Waals surface area contributed by atoms with Gasteiger partial charge in [0, 0.05) is 0 Å². The molecule has 0 fully saturated rings. The number of carboxylic acids is 1. The Morgan fingerprint density at radius 2 is 2.36 bits per heavy atom. The Morgan fingerprint density at radius 3 is 2.82 bits per heavy atom. The number of pyridine rings is 1. The van der Waals surface area contributed by atoms with Crippen LogP contribution in [0.1, 0.15) is 10.5 Å². The molecule has 0 radical (unpaired) electrons. The zero-order valence-corrected chi connectivity index (χ0v) is 5.97. The van der Waals surface area contributed by atoms with Crippen LogP contribution in [0.5, 0.6) is 0 Å². The van der Waals surface area contributed by atoms with E-state index >= 15 is 0 Å². The van der Waals surface area contributed by atoms with E-state index in [0.717, 1.165) is 12.3 Å². The molecule has 0 atom stereocenters. The van der Waals surface area contributed by atoms with Crippen molar-refractivity contribution in [3.63, 3.8) is 0 Å². The van der Waals surface area contributed by atoms with Crippen LogP contribution in [0.3, 0.4) is 0 Å². The normalized spacial score (nSPS) is 9.64. The zero-order chi connectivity index (χ0) is 8.43. The molecule has 0 saturated heterocycles. The highest BCUT2D eigenvalue weighted by molar-refractivity contribution is 6.33. The van der Waals surface area contributed by atoms with Gasteiger partial charge in [0.2, 0.25) is 0 Å². The quantitative estimate of drug-likeness (QED) is 0.705. The van der Waals surface area contributed by atoms with Crippen LogP contribution >= 0.6 is 11.6 Å². The maximum atomic E-state index is 12.3. The van der Waals surface area contributed by atoms with Gasteiger partial charge in [0.15, 0.2) is 5.69 Å². The molecule has 0 saturated carbocycles. The summed E-state index contributed by atoms with van der Waals surface area (Å²) in [6.07, 6.45) is 0.801. The predicted octanol–water partition coefficient (Wildman–Crippen LogP) is 1.57. The second kappa shape index (κ2) is 2.84. The molecular formula is C6H3ClFNO2. The third-order valence-electron chi connectivity index (χ3n) is 1.01. The van der Waals surface area contributed by atoms with E-state index in [9.17, 15) is 9.18 Å². The van der Waals surface area contributed by atoms with Crippen molar-refractivity contribution in [1.29, 1.82) is 0 Å². The molecule has 0 amide bonds. The second-order valence-corrected chi connectivity index (χ2v) is 2.20. The van der Waals surface area contributed by atoms with Crippen LogP contribution < -0.4 is 0 Å². The Labute approximate surface area is 66.4 Å². The van der Waals surface area contributed by atoms with Crippen LogP contribution in [0.25, 0.3) is 0 Å². The lowest BCUT2D eigenvalue weighted by Gasteiger charge is -1.95. The van der Waals surface area contributed by atoms with Crippen LogP contribution in [0.15, 0.2) is 12.3 Å². The van der Waals surface area contributed by atoms with E-state index in [2.05, 4.69) is 4.98 Å². The van der Waals surface area contributed by atoms with Gasteiger partial charge in [0.1, 0.15) is 5.82 Å². The van der Waals surface area contributed by atoms with E-state index in [0.29, 0.717) is 0 Å². The molecule has 0 bridgehead atoms. The number of halogens is 2. The average molecular weight is 176 g/mol. The summed E-state index contributed by atoms with van der Waals surface area (Å²) in [6, 6.07) is 0.901. The van der Waals surface area contributed by atoms with Gasteiger partial charge in [-0.15, -0.1) is 0 Å². The lowest BCUT2D eigenvalue weighted by Crippen LogP contribution is -2.01. The highest BCUT2D eigenvalue weighted by Gasteiger charge is 2.09. The summed E-state index contributed by atoms with van der Waals surface area (Å²) >= 11 is 5.34. The molecule has 11 heavy (non-hydrogen) atoms. The first-order chi connectivity index (χ1) is 5.11. The van der Waals surface area contributed by atoms with Gasteiger partial charge in [0.25, 0.3) is 0 Å². The minimum Gasteiger partial charge on any atom is -0.476 e. The van der Waals surface area contributed by atoms with Gasteiger partial charge in [-0.2, -0.15) is 0 Å². The molecule has 0 spiro atoms. The molecule has 58 valence electrons. The van der Waals surface area contributed by atoms with Gasteiger partial charge in [0.05, 0.1) is 11.2 Å². The molecule has 5 heteroatoms. The summed E-state index contributed by atoms with van der Waals surface area (Å²) in [6.45, 7) is 0. The first-order valence-corrected chi connectivity index (χ1v) is 3.03. The molecular weight excluding hydrogens is 173 g/mol. The van der Waals surface area contributed by atoms with E-state index in [1.165, 1.54) is 0 Å². The fraction of sp³-hybridized carbons (Fsp3) is 0. The Kier molecular flexibility index (Phi) is 2.05. The molecule has 0 unspecified atom stereocenters. The number of carboxylic acid groups (broad SMARTS) is 1. The van der Waals surface area contributed by atoms with Crippen molar-refractivity contribution in [3.05, 3.63) is 28.8 Å². The van der Waals surface area contributed by atoms with Gasteiger partial charge in [-0.05, 0) is 6.07 Å². The largest absolute Gasteiger partial charge is 0.476 e. The third kappa shape index (κ3) is 1.65. The third-order valence-corrected chi connectivity index (χ3v) is 1.30. The van der Waals surface area contributed by atoms with E-state index < -0.39 is 11.8 Å². The smallest absolute Gasteiger partial charge is 0.356 e. The van der Waals surface area contributed by atoms with Crippen LogP contribution in [-0.4, -0.2) is 16.1 Å². The van der Waals surface area contributed by atoms with E-state index in [-0.39, 0.29) is 10.7 Å². The van der Waals surface area contributed by atoms with Gasteiger partial charge in [-0.25, -0.2) is 14.2 Å². The summed E-state index contributed by atoms with van der Waals surface area (Å²) in [4.78, 5) is 13.5. The van der Waals surface area contributed by atoms with Crippen molar-refractivity contribution in [2.45, 2.75) is 0 Å². The van der Waals surface area contributed by atoms with Crippen LogP contribution in [0.2, 0.25) is 5.02 Å². The number of rotatable bonds is 1. The lowest BCUT2D eigenvalue weighted by atomic mass is 10.3. The molecule has 0 aliphatic carbocycles. The lowest BCUT2D eigenvalue weighted by molar-refractivity contribution is 0.0690. The van der Waals surface area contributed by atoms with Gasteiger partial charge in [-0.1, -0.05) is 11.6 Å². The van der Waals surface area contributed by atoms with E-state index in [4.69, 9.17) is 16.7 Å². The fourth-order valence-corrected chi connectivity index (χ4v) is 0.806. The Balaban J connectivity index is 3.20. The highest BCUT2D eigenvalue weighted by Crippen LogP contribution is 2.13. The molecule has 1 N–H and O–H groups in total. The standard InChI is InChI=1S/C6H3ClFNO2/c7-4-1-3(8)2-9-5(4)6(10)11/h1-2H,(H,10,11). The second-order valence-electron chi connectivity index (χ2n) is 1.79. The number of aromatic nitrogens is 1. The first kappa shape index (κ1) is 7.94. The zero-order valence-electron chi connectivity index (χ0n) is 5.21. The number of hydrogen-bond acceptors (Lipinski definition) is 2. The summed E-state index contributed by atoms with van der Waals surface area (Å²) in [7, 11) is 0. The Hall–Kier alpha value is -1.16. The topological polar surface area (TPSA) is 50.2 Å². The van der Waals surface area contributed by atoms with Gasteiger partial charge in [-0.3, -0.25) is 0 Å². The van der Waals surface area contributed by atoms with Gasteiger partial charge < -0.3 is 5.11 Å². The first-order valence-electron chi connectivity index (χ1n) is 2.65. The van der Waals surface area contributed by atoms with Crippen molar-refractivity contribution >= 4 is 17.6 Å². The van der Waals surface area contributed by atoms with Crippen molar-refractivity contribution in [1.82, 2.24) is 4.98 Å². The van der Waals surface area contributed by atoms with Crippen LogP contribution in [-0.2, 0) is 0 Å². The fourth-order valence-electron chi connectivity index (χ4n) is 0.572. The maximum absolute atomic E-state index is 12.3. The highest BCUT2D eigenvalue weighted by atomic mass is 35.5. The summed E-state index contributed by atoms with van der Waals surface area (Å²) in [5.74, 6) is -1.92. The maximum Gasteiger partial charge on any atom is 0.356 e. The molecule has 1 aromatic rings. The minimum absolute atomic E-state index is 0.197. The molecule has 0 aromatic carbocycles. The summed E-state index contributed by atoms with van der Waals surface area (Å²) < 4.78 is 12.3. The summed E-state index contributed by atoms with van der Waals surface area (Å²) in [5, 5.41) is 8.19. The van der Waals surface area contributed by atoms with E-state index in [1.54, 1.807) is 0 Å². The number of hydrogen-bond donors (Lipinski definition) is 1. The van der Waals surface area contributed by atoms with Crippen molar-refractivity contribution < 1.29 is 14.3 Å². The Morgan fingerprint density at radius 1 is 1.73 bits per heavy atom. The molecule has 0 aliphatic rings. The molecule has 1 rings (SSSR count). The molecule has 0 aliphatic heterocycles. The van der Waals surface area contributed by atoms with Crippen LogP contribution in [0, 0.1) is 5.82 Å². The van der Waals surface area contributed by atoms with Crippen LogP contribution in [0.4, 0.5) is 4.39 Å². The number of nitrogens with zero attached hydrogens (tertiary/aromatic N) is 1. The number of carbonyl (C=O) groups is 1. The molecule has 1 heterocycles. The number of aromatic carboxylic acids is 1. The Bertz CT molecular complexity index is 303. The SMILES string of the molecule is O=C(O)c1ncc(F)cc1Cl. The van der Waals surface area contributed by atoms with Crippen molar-refractivity contribution in [3.8, 4) is 0 Å². The van der Waals surface area contributed by atoms with Crippen molar-refractivity contribution in [2.75, 3.05) is 0 Å². The monoisotopic (exact) mass is 175 g/mol. The molecule has 3 nitrogen and oxygen atoms in total. The average Bonchev–Trinajstić information content (AvgIpc) is 1.85. The summed E-state index contributed by atoms with van der Waals surface area (Å²) in [5.41, 5.74) is -0.340. The predicted molar refractivity (Wildman–Crippen MR) is 36.2 cm³/mol.